The lowest BCUT2D eigenvalue weighted by atomic mass is 10.2. The van der Waals surface area contributed by atoms with E-state index in [1.165, 1.54) is 0 Å². The SMILES string of the molecule is CNC(=O)[C@@H]1CC[C@H](C)N1. The van der Waals surface area contributed by atoms with Crippen molar-refractivity contribution in [3.8, 4) is 0 Å². The highest BCUT2D eigenvalue weighted by atomic mass is 16.2. The van der Waals surface area contributed by atoms with E-state index in [1.54, 1.807) is 7.05 Å². The molecule has 0 spiro atoms. The van der Waals surface area contributed by atoms with Crippen molar-refractivity contribution in [3.05, 3.63) is 0 Å². The number of carbonyl (C=O) groups excluding carboxylic acids is 1. The summed E-state index contributed by atoms with van der Waals surface area (Å²) in [5.74, 6) is 0.115. The van der Waals surface area contributed by atoms with E-state index in [2.05, 4.69) is 17.6 Å². The Bertz CT molecular complexity index is 136. The van der Waals surface area contributed by atoms with E-state index in [1.807, 2.05) is 0 Å². The average molecular weight is 142 g/mol. The van der Waals surface area contributed by atoms with Crippen molar-refractivity contribution in [1.29, 1.82) is 0 Å². The van der Waals surface area contributed by atoms with Crippen molar-refractivity contribution in [1.82, 2.24) is 10.6 Å². The van der Waals surface area contributed by atoms with E-state index in [0.29, 0.717) is 6.04 Å². The van der Waals surface area contributed by atoms with Gasteiger partial charge in [0.25, 0.3) is 0 Å². The first-order chi connectivity index (χ1) is 4.74. The fraction of sp³-hybridized carbons (Fsp3) is 0.857. The average Bonchev–Trinajstić information content (AvgIpc) is 2.34. The topological polar surface area (TPSA) is 41.1 Å². The number of likely N-dealkylation sites (N-methyl/N-ethyl adjacent to an activating group) is 1. The molecule has 10 heavy (non-hydrogen) atoms. The first-order valence-electron chi connectivity index (χ1n) is 3.71. The van der Waals surface area contributed by atoms with Crippen molar-refractivity contribution >= 4 is 5.91 Å². The van der Waals surface area contributed by atoms with Crippen LogP contribution in [0, 0.1) is 0 Å². The summed E-state index contributed by atoms with van der Waals surface area (Å²) in [6, 6.07) is 0.558. The standard InChI is InChI=1S/C7H14N2O/c1-5-3-4-6(9-5)7(10)8-2/h5-6,9H,3-4H2,1-2H3,(H,8,10)/t5-,6-/m0/s1. The molecule has 0 aromatic heterocycles. The van der Waals surface area contributed by atoms with Crippen LogP contribution in [-0.4, -0.2) is 25.0 Å². The van der Waals surface area contributed by atoms with Gasteiger partial charge in [0.2, 0.25) is 5.91 Å². The number of nitrogens with one attached hydrogen (secondary N) is 2. The predicted octanol–water partition coefficient (Wildman–Crippen LogP) is -0.127. The first-order valence-corrected chi connectivity index (χ1v) is 3.71. The molecule has 58 valence electrons. The van der Waals surface area contributed by atoms with Gasteiger partial charge in [0, 0.05) is 13.1 Å². The molecule has 0 aromatic carbocycles. The minimum atomic E-state index is 0.0556. The minimum absolute atomic E-state index is 0.0556. The molecule has 2 N–H and O–H groups in total. The lowest BCUT2D eigenvalue weighted by molar-refractivity contribution is -0.122. The highest BCUT2D eigenvalue weighted by Gasteiger charge is 2.24. The summed E-state index contributed by atoms with van der Waals surface area (Å²) in [7, 11) is 1.67. The Balaban J connectivity index is 2.37. The van der Waals surface area contributed by atoms with Gasteiger partial charge in [-0.3, -0.25) is 4.79 Å². The normalized spacial score (nSPS) is 32.2. The Hall–Kier alpha value is -0.570. The van der Waals surface area contributed by atoms with Crippen molar-refractivity contribution in [2.45, 2.75) is 31.8 Å². The Labute approximate surface area is 61.2 Å². The summed E-state index contributed by atoms with van der Waals surface area (Å²) in [6.45, 7) is 2.10. The Morgan fingerprint density at radius 1 is 1.60 bits per heavy atom. The van der Waals surface area contributed by atoms with Crippen LogP contribution in [0.1, 0.15) is 19.8 Å². The summed E-state index contributed by atoms with van der Waals surface area (Å²) in [6.07, 6.45) is 2.08. The lowest BCUT2D eigenvalue weighted by Crippen LogP contribution is -2.40. The van der Waals surface area contributed by atoms with Gasteiger partial charge in [-0.25, -0.2) is 0 Å². The van der Waals surface area contributed by atoms with Gasteiger partial charge in [0.05, 0.1) is 6.04 Å². The zero-order valence-corrected chi connectivity index (χ0v) is 6.48. The fourth-order valence-corrected chi connectivity index (χ4v) is 1.31. The van der Waals surface area contributed by atoms with Gasteiger partial charge >= 0.3 is 0 Å². The number of carbonyl (C=O) groups is 1. The minimum Gasteiger partial charge on any atom is -0.358 e. The second-order valence-corrected chi connectivity index (χ2v) is 2.81. The molecular weight excluding hydrogens is 128 g/mol. The van der Waals surface area contributed by atoms with Gasteiger partial charge in [-0.2, -0.15) is 0 Å². The number of rotatable bonds is 1. The zero-order valence-electron chi connectivity index (χ0n) is 6.48. The molecule has 1 rings (SSSR count). The number of amides is 1. The van der Waals surface area contributed by atoms with Crippen LogP contribution in [-0.2, 0) is 4.79 Å². The highest BCUT2D eigenvalue weighted by molar-refractivity contribution is 5.81. The molecule has 1 heterocycles. The third-order valence-electron chi connectivity index (χ3n) is 1.94. The van der Waals surface area contributed by atoms with E-state index < -0.39 is 0 Å². The summed E-state index contributed by atoms with van der Waals surface area (Å²) in [4.78, 5) is 11.0. The van der Waals surface area contributed by atoms with Crippen LogP contribution in [0.15, 0.2) is 0 Å². The largest absolute Gasteiger partial charge is 0.358 e. The molecule has 1 amide bonds. The second kappa shape index (κ2) is 3.01. The maximum absolute atomic E-state index is 11.0. The molecule has 1 saturated heterocycles. The number of hydrogen-bond donors (Lipinski definition) is 2. The van der Waals surface area contributed by atoms with E-state index >= 15 is 0 Å². The molecule has 3 heteroatoms. The van der Waals surface area contributed by atoms with Crippen LogP contribution < -0.4 is 10.6 Å². The molecular formula is C7H14N2O. The van der Waals surface area contributed by atoms with Gasteiger partial charge in [-0.15, -0.1) is 0 Å². The third-order valence-corrected chi connectivity index (χ3v) is 1.94. The molecule has 3 nitrogen and oxygen atoms in total. The Kier molecular flexibility index (Phi) is 2.27. The maximum atomic E-state index is 11.0. The molecule has 1 fully saturated rings. The Morgan fingerprint density at radius 3 is 2.70 bits per heavy atom. The predicted molar refractivity (Wildman–Crippen MR) is 39.7 cm³/mol. The number of hydrogen-bond acceptors (Lipinski definition) is 2. The van der Waals surface area contributed by atoms with Gasteiger partial charge in [-0.1, -0.05) is 0 Å². The molecule has 0 unspecified atom stereocenters. The molecule has 2 atom stereocenters. The quantitative estimate of drug-likeness (QED) is 0.535. The van der Waals surface area contributed by atoms with Crippen molar-refractivity contribution in [2.24, 2.45) is 0 Å². The van der Waals surface area contributed by atoms with Gasteiger partial charge < -0.3 is 10.6 Å². The van der Waals surface area contributed by atoms with Crippen LogP contribution in [0.25, 0.3) is 0 Å². The summed E-state index contributed by atoms with van der Waals surface area (Å²) in [5.41, 5.74) is 0. The van der Waals surface area contributed by atoms with Crippen LogP contribution in [0.5, 0.6) is 0 Å². The molecule has 0 aromatic rings. The molecule has 0 saturated carbocycles. The first kappa shape index (κ1) is 7.54. The van der Waals surface area contributed by atoms with E-state index in [-0.39, 0.29) is 11.9 Å². The third kappa shape index (κ3) is 1.48. The summed E-state index contributed by atoms with van der Waals surface area (Å²) < 4.78 is 0. The van der Waals surface area contributed by atoms with Crippen molar-refractivity contribution in [3.63, 3.8) is 0 Å². The van der Waals surface area contributed by atoms with E-state index in [9.17, 15) is 4.79 Å². The second-order valence-electron chi connectivity index (χ2n) is 2.81. The summed E-state index contributed by atoms with van der Waals surface area (Å²) >= 11 is 0. The maximum Gasteiger partial charge on any atom is 0.236 e. The molecule has 0 radical (unpaired) electrons. The molecule has 0 bridgehead atoms. The highest BCUT2D eigenvalue weighted by Crippen LogP contribution is 2.10. The molecule has 1 aliphatic rings. The van der Waals surface area contributed by atoms with Gasteiger partial charge in [0.1, 0.15) is 0 Å². The van der Waals surface area contributed by atoms with Crippen molar-refractivity contribution in [2.75, 3.05) is 7.05 Å². The van der Waals surface area contributed by atoms with Gasteiger partial charge in [0.15, 0.2) is 0 Å². The summed E-state index contributed by atoms with van der Waals surface area (Å²) in [5, 5.41) is 5.82. The molecule has 0 aliphatic carbocycles. The van der Waals surface area contributed by atoms with Crippen molar-refractivity contribution < 1.29 is 4.79 Å². The monoisotopic (exact) mass is 142 g/mol. The van der Waals surface area contributed by atoms with Crippen LogP contribution >= 0.6 is 0 Å². The Morgan fingerprint density at radius 2 is 2.30 bits per heavy atom. The van der Waals surface area contributed by atoms with Crippen LogP contribution in [0.4, 0.5) is 0 Å². The van der Waals surface area contributed by atoms with E-state index in [0.717, 1.165) is 12.8 Å². The van der Waals surface area contributed by atoms with Gasteiger partial charge in [-0.05, 0) is 19.8 Å². The van der Waals surface area contributed by atoms with E-state index in [4.69, 9.17) is 0 Å². The fourth-order valence-electron chi connectivity index (χ4n) is 1.31. The smallest absolute Gasteiger partial charge is 0.236 e. The zero-order chi connectivity index (χ0) is 7.56. The van der Waals surface area contributed by atoms with Crippen LogP contribution in [0.3, 0.4) is 0 Å². The van der Waals surface area contributed by atoms with Crippen LogP contribution in [0.2, 0.25) is 0 Å². The lowest BCUT2D eigenvalue weighted by Gasteiger charge is -2.08. The molecule has 1 aliphatic heterocycles.